The molecule has 0 bridgehead atoms. The quantitative estimate of drug-likeness (QED) is 0.838. The minimum Gasteiger partial charge on any atom is -0.472 e. The van der Waals surface area contributed by atoms with Crippen LogP contribution in [-0.4, -0.2) is 18.0 Å². The molecule has 0 aromatic carbocycles. The van der Waals surface area contributed by atoms with Gasteiger partial charge in [0.25, 0.3) is 5.91 Å². The number of thiophene rings is 1. The van der Waals surface area contributed by atoms with Crippen molar-refractivity contribution < 1.29 is 18.7 Å². The van der Waals surface area contributed by atoms with Gasteiger partial charge < -0.3 is 14.5 Å². The van der Waals surface area contributed by atoms with E-state index in [1.165, 1.54) is 28.7 Å². The molecule has 2 aromatic rings. The Hall–Kier alpha value is -2.08. The zero-order chi connectivity index (χ0) is 17.3. The van der Waals surface area contributed by atoms with Crippen LogP contribution in [0.25, 0.3) is 0 Å². The minimum absolute atomic E-state index is 0.201. The van der Waals surface area contributed by atoms with Crippen LogP contribution in [-0.2, 0) is 17.6 Å². The molecule has 1 aliphatic rings. The first-order valence-electron chi connectivity index (χ1n) is 8.14. The van der Waals surface area contributed by atoms with Crippen LogP contribution in [0.2, 0.25) is 0 Å². The normalized spacial score (nSPS) is 16.8. The van der Waals surface area contributed by atoms with Gasteiger partial charge in [0.15, 0.2) is 0 Å². The summed E-state index contributed by atoms with van der Waals surface area (Å²) in [4.78, 5) is 26.1. The number of ether oxygens (including phenoxy) is 1. The lowest BCUT2D eigenvalue weighted by Crippen LogP contribution is -2.18. The van der Waals surface area contributed by atoms with Gasteiger partial charge in [-0.15, -0.1) is 11.3 Å². The van der Waals surface area contributed by atoms with Gasteiger partial charge >= 0.3 is 5.97 Å². The summed E-state index contributed by atoms with van der Waals surface area (Å²) in [6, 6.07) is 1.59. The topological polar surface area (TPSA) is 68.5 Å². The third-order valence-electron chi connectivity index (χ3n) is 4.07. The van der Waals surface area contributed by atoms with Gasteiger partial charge in [0, 0.05) is 4.88 Å². The molecule has 1 N–H and O–H groups in total. The molecular formula is C18H21NO4S. The zero-order valence-electron chi connectivity index (χ0n) is 14.0. The highest BCUT2D eigenvalue weighted by Gasteiger charge is 2.29. The number of rotatable bonds is 4. The van der Waals surface area contributed by atoms with Crippen molar-refractivity contribution in [2.75, 3.05) is 5.32 Å². The molecular weight excluding hydrogens is 326 g/mol. The molecule has 0 saturated carbocycles. The standard InChI is InChI=1S/C18H21NO4S/c1-10(2)23-18(21)15-13-5-4-11(3)8-14(13)24-17(15)19-16(20)12-6-7-22-9-12/h6-7,9-11H,4-5,8H2,1-3H3,(H,19,20). The van der Waals surface area contributed by atoms with Crippen molar-refractivity contribution in [2.24, 2.45) is 5.92 Å². The number of carbonyl (C=O) groups is 2. The maximum absolute atomic E-state index is 12.6. The molecule has 1 atom stereocenters. The smallest absolute Gasteiger partial charge is 0.341 e. The number of fused-ring (bicyclic) bond motifs is 1. The summed E-state index contributed by atoms with van der Waals surface area (Å²) in [6.45, 7) is 5.85. The number of hydrogen-bond donors (Lipinski definition) is 1. The van der Waals surface area contributed by atoms with E-state index >= 15 is 0 Å². The van der Waals surface area contributed by atoms with Crippen molar-refractivity contribution in [1.82, 2.24) is 0 Å². The Kier molecular flexibility index (Phi) is 4.76. The van der Waals surface area contributed by atoms with E-state index in [-0.39, 0.29) is 18.0 Å². The molecule has 2 heterocycles. The van der Waals surface area contributed by atoms with Gasteiger partial charge in [-0.05, 0) is 50.7 Å². The van der Waals surface area contributed by atoms with Crippen LogP contribution in [0.1, 0.15) is 58.3 Å². The van der Waals surface area contributed by atoms with E-state index in [2.05, 4.69) is 12.2 Å². The molecule has 0 aliphatic heterocycles. The molecule has 0 radical (unpaired) electrons. The van der Waals surface area contributed by atoms with Crippen molar-refractivity contribution in [3.8, 4) is 0 Å². The first-order chi connectivity index (χ1) is 11.5. The number of amides is 1. The largest absolute Gasteiger partial charge is 0.472 e. The number of furan rings is 1. The van der Waals surface area contributed by atoms with Crippen molar-refractivity contribution >= 4 is 28.2 Å². The summed E-state index contributed by atoms with van der Waals surface area (Å²) < 4.78 is 10.3. The molecule has 5 nitrogen and oxygen atoms in total. The molecule has 3 rings (SSSR count). The summed E-state index contributed by atoms with van der Waals surface area (Å²) in [5, 5.41) is 3.43. The number of carbonyl (C=O) groups excluding carboxylic acids is 2. The summed E-state index contributed by atoms with van der Waals surface area (Å²) in [5.74, 6) is -0.0592. The van der Waals surface area contributed by atoms with Gasteiger partial charge in [0.1, 0.15) is 11.3 Å². The lowest BCUT2D eigenvalue weighted by molar-refractivity contribution is 0.0378. The lowest BCUT2D eigenvalue weighted by Gasteiger charge is -2.18. The first-order valence-corrected chi connectivity index (χ1v) is 8.96. The van der Waals surface area contributed by atoms with Gasteiger partial charge in [-0.3, -0.25) is 4.79 Å². The summed E-state index contributed by atoms with van der Waals surface area (Å²) in [6.07, 6.45) is 5.45. The third kappa shape index (κ3) is 3.38. The highest BCUT2D eigenvalue weighted by molar-refractivity contribution is 7.17. The Morgan fingerprint density at radius 3 is 2.88 bits per heavy atom. The molecule has 0 saturated heterocycles. The second kappa shape index (κ2) is 6.81. The van der Waals surface area contributed by atoms with Gasteiger partial charge in [-0.2, -0.15) is 0 Å². The fourth-order valence-electron chi connectivity index (χ4n) is 2.90. The number of hydrogen-bond acceptors (Lipinski definition) is 5. The van der Waals surface area contributed by atoms with E-state index in [1.54, 1.807) is 6.07 Å². The highest BCUT2D eigenvalue weighted by Crippen LogP contribution is 2.40. The molecule has 1 aliphatic carbocycles. The second-order valence-corrected chi connectivity index (χ2v) is 7.58. The molecule has 2 aromatic heterocycles. The maximum Gasteiger partial charge on any atom is 0.341 e. The summed E-state index contributed by atoms with van der Waals surface area (Å²) in [7, 11) is 0. The van der Waals surface area contributed by atoms with Crippen LogP contribution in [0.15, 0.2) is 23.0 Å². The van der Waals surface area contributed by atoms with Gasteiger partial charge in [0.2, 0.25) is 0 Å². The summed E-state index contributed by atoms with van der Waals surface area (Å²) in [5.41, 5.74) is 1.98. The molecule has 0 fully saturated rings. The van der Waals surface area contributed by atoms with Crippen molar-refractivity contribution in [3.63, 3.8) is 0 Å². The van der Waals surface area contributed by atoms with Gasteiger partial charge in [-0.1, -0.05) is 6.92 Å². The Balaban J connectivity index is 1.95. The van der Waals surface area contributed by atoms with Crippen LogP contribution in [0, 0.1) is 5.92 Å². The average Bonchev–Trinajstić information content (AvgIpc) is 3.12. The fraction of sp³-hybridized carbons (Fsp3) is 0.444. The van der Waals surface area contributed by atoms with E-state index in [9.17, 15) is 9.59 Å². The monoisotopic (exact) mass is 347 g/mol. The van der Waals surface area contributed by atoms with Crippen molar-refractivity contribution in [2.45, 2.75) is 46.1 Å². The average molecular weight is 347 g/mol. The molecule has 24 heavy (non-hydrogen) atoms. The van der Waals surface area contributed by atoms with E-state index in [0.717, 1.165) is 24.8 Å². The molecule has 6 heteroatoms. The molecule has 128 valence electrons. The van der Waals surface area contributed by atoms with Crippen molar-refractivity contribution in [1.29, 1.82) is 0 Å². The van der Waals surface area contributed by atoms with E-state index in [1.807, 2.05) is 13.8 Å². The first kappa shape index (κ1) is 16.8. The predicted molar refractivity (Wildman–Crippen MR) is 92.7 cm³/mol. The van der Waals surface area contributed by atoms with Crippen LogP contribution < -0.4 is 5.32 Å². The van der Waals surface area contributed by atoms with Crippen molar-refractivity contribution in [3.05, 3.63) is 40.2 Å². The number of esters is 1. The van der Waals surface area contributed by atoms with Crippen LogP contribution in [0.5, 0.6) is 0 Å². The van der Waals surface area contributed by atoms with E-state index < -0.39 is 0 Å². The van der Waals surface area contributed by atoms with Crippen LogP contribution >= 0.6 is 11.3 Å². The molecule has 0 spiro atoms. The van der Waals surface area contributed by atoms with E-state index in [0.29, 0.717) is 22.0 Å². The summed E-state index contributed by atoms with van der Waals surface area (Å²) >= 11 is 1.48. The Bertz CT molecular complexity index is 745. The second-order valence-electron chi connectivity index (χ2n) is 6.48. The lowest BCUT2D eigenvalue weighted by atomic mass is 9.88. The third-order valence-corrected chi connectivity index (χ3v) is 5.24. The van der Waals surface area contributed by atoms with Gasteiger partial charge in [0.05, 0.1) is 23.5 Å². The Labute approximate surface area is 145 Å². The van der Waals surface area contributed by atoms with E-state index in [4.69, 9.17) is 9.15 Å². The van der Waals surface area contributed by atoms with Crippen LogP contribution in [0.4, 0.5) is 5.00 Å². The Morgan fingerprint density at radius 2 is 2.21 bits per heavy atom. The highest BCUT2D eigenvalue weighted by atomic mass is 32.1. The van der Waals surface area contributed by atoms with Crippen LogP contribution in [0.3, 0.4) is 0 Å². The Morgan fingerprint density at radius 1 is 1.42 bits per heavy atom. The van der Waals surface area contributed by atoms with Gasteiger partial charge in [-0.25, -0.2) is 4.79 Å². The fourth-order valence-corrected chi connectivity index (χ4v) is 4.29. The molecule has 1 unspecified atom stereocenters. The number of nitrogens with one attached hydrogen (secondary N) is 1. The predicted octanol–water partition coefficient (Wildman–Crippen LogP) is 4.28. The SMILES string of the molecule is CC1CCc2c(sc(NC(=O)c3ccoc3)c2C(=O)OC(C)C)C1. The molecule has 1 amide bonds. The zero-order valence-corrected chi connectivity index (χ0v) is 14.9. The number of anilines is 1. The minimum atomic E-state index is -0.362. The maximum atomic E-state index is 12.6.